The molecule has 4 aromatic carbocycles. The number of nitro benzene ring substituents is 1. The number of amides is 2. The lowest BCUT2D eigenvalue weighted by atomic mass is 10.1. The third-order valence-corrected chi connectivity index (χ3v) is 5.77. The van der Waals surface area contributed by atoms with Gasteiger partial charge in [-0.2, -0.15) is 5.10 Å². The molecule has 0 spiro atoms. The van der Waals surface area contributed by atoms with E-state index in [0.717, 1.165) is 10.0 Å². The summed E-state index contributed by atoms with van der Waals surface area (Å²) in [5.41, 5.74) is 4.69. The first-order chi connectivity index (χ1) is 18.4. The van der Waals surface area contributed by atoms with Gasteiger partial charge in [-0.05, 0) is 54.1 Å². The van der Waals surface area contributed by atoms with Crippen LogP contribution in [0.1, 0.15) is 31.8 Å². The molecule has 0 saturated heterocycles. The number of hydrogen-bond donors (Lipinski definition) is 2. The fourth-order valence-electron chi connectivity index (χ4n) is 3.43. The van der Waals surface area contributed by atoms with Gasteiger partial charge in [0.15, 0.2) is 0 Å². The molecule has 0 aliphatic carbocycles. The van der Waals surface area contributed by atoms with Crippen LogP contribution in [-0.2, 0) is 6.61 Å². The quantitative estimate of drug-likeness (QED) is 0.146. The van der Waals surface area contributed by atoms with Gasteiger partial charge in [0.1, 0.15) is 12.4 Å². The Morgan fingerprint density at radius 3 is 2.42 bits per heavy atom. The normalized spacial score (nSPS) is 10.7. The SMILES string of the molecule is O=C(NN=Cc1ccccc1OCc1cccc(Br)c1)c1cccc(NC(=O)c2cccc([N+](=O)[O-])c2)c1. The molecule has 10 heteroatoms. The summed E-state index contributed by atoms with van der Waals surface area (Å²) in [6, 6.07) is 26.8. The average molecular weight is 573 g/mol. The summed E-state index contributed by atoms with van der Waals surface area (Å²) in [6.45, 7) is 0.367. The molecule has 190 valence electrons. The molecule has 0 aliphatic heterocycles. The maximum Gasteiger partial charge on any atom is 0.271 e. The summed E-state index contributed by atoms with van der Waals surface area (Å²) in [5, 5.41) is 17.7. The highest BCUT2D eigenvalue weighted by molar-refractivity contribution is 9.10. The molecule has 0 saturated carbocycles. The largest absolute Gasteiger partial charge is 0.488 e. The molecule has 4 rings (SSSR count). The van der Waals surface area contributed by atoms with E-state index in [-0.39, 0.29) is 16.8 Å². The predicted octanol–water partition coefficient (Wildman–Crippen LogP) is 5.95. The molecule has 0 radical (unpaired) electrons. The molecule has 0 fully saturated rings. The Morgan fingerprint density at radius 2 is 1.63 bits per heavy atom. The predicted molar refractivity (Wildman–Crippen MR) is 147 cm³/mol. The van der Waals surface area contributed by atoms with Gasteiger partial charge >= 0.3 is 0 Å². The topological polar surface area (TPSA) is 123 Å². The molecular formula is C28H21BrN4O5. The van der Waals surface area contributed by atoms with Crippen LogP contribution in [0.15, 0.2) is 107 Å². The first kappa shape index (κ1) is 26.2. The van der Waals surface area contributed by atoms with E-state index in [1.54, 1.807) is 18.2 Å². The number of hydrogen-bond acceptors (Lipinski definition) is 6. The van der Waals surface area contributed by atoms with Crippen LogP contribution in [0.3, 0.4) is 0 Å². The van der Waals surface area contributed by atoms with Crippen LogP contribution in [0.4, 0.5) is 11.4 Å². The van der Waals surface area contributed by atoms with Crippen molar-refractivity contribution in [1.29, 1.82) is 0 Å². The van der Waals surface area contributed by atoms with Crippen molar-refractivity contribution in [3.8, 4) is 5.75 Å². The van der Waals surface area contributed by atoms with Gasteiger partial charge in [0.05, 0.1) is 11.1 Å². The van der Waals surface area contributed by atoms with Gasteiger partial charge < -0.3 is 10.1 Å². The minimum absolute atomic E-state index is 0.124. The van der Waals surface area contributed by atoms with Crippen molar-refractivity contribution in [1.82, 2.24) is 5.43 Å². The number of para-hydroxylation sites is 1. The molecule has 9 nitrogen and oxygen atoms in total. The molecular weight excluding hydrogens is 552 g/mol. The van der Waals surface area contributed by atoms with E-state index in [9.17, 15) is 19.7 Å². The summed E-state index contributed by atoms with van der Waals surface area (Å²) < 4.78 is 6.89. The number of anilines is 1. The molecule has 4 aromatic rings. The van der Waals surface area contributed by atoms with E-state index in [2.05, 4.69) is 31.8 Å². The van der Waals surface area contributed by atoms with Crippen molar-refractivity contribution in [3.05, 3.63) is 134 Å². The van der Waals surface area contributed by atoms with Gasteiger partial charge in [-0.1, -0.05) is 52.3 Å². The number of nitrogens with zero attached hydrogens (tertiary/aromatic N) is 2. The Balaban J connectivity index is 1.38. The molecule has 0 atom stereocenters. The number of nitro groups is 1. The second-order valence-electron chi connectivity index (χ2n) is 8.00. The minimum Gasteiger partial charge on any atom is -0.488 e. The third-order valence-electron chi connectivity index (χ3n) is 5.27. The average Bonchev–Trinajstić information content (AvgIpc) is 2.92. The van der Waals surface area contributed by atoms with Gasteiger partial charge in [0, 0.05) is 39.0 Å². The van der Waals surface area contributed by atoms with Gasteiger partial charge in [0.25, 0.3) is 17.5 Å². The number of nitrogens with one attached hydrogen (secondary N) is 2. The van der Waals surface area contributed by atoms with E-state index in [1.807, 2.05) is 48.5 Å². The zero-order valence-electron chi connectivity index (χ0n) is 19.8. The second-order valence-corrected chi connectivity index (χ2v) is 8.91. The van der Waals surface area contributed by atoms with E-state index in [1.165, 1.54) is 36.5 Å². The van der Waals surface area contributed by atoms with Crippen molar-refractivity contribution >= 4 is 45.3 Å². The highest BCUT2D eigenvalue weighted by atomic mass is 79.9. The number of hydrazone groups is 1. The number of benzene rings is 4. The molecule has 2 amide bonds. The first-order valence-electron chi connectivity index (χ1n) is 11.3. The number of rotatable bonds is 9. The lowest BCUT2D eigenvalue weighted by Gasteiger charge is -2.09. The van der Waals surface area contributed by atoms with Crippen molar-refractivity contribution in [2.45, 2.75) is 6.61 Å². The monoisotopic (exact) mass is 572 g/mol. The second kappa shape index (κ2) is 12.4. The number of carbonyl (C=O) groups excluding carboxylic acids is 2. The Morgan fingerprint density at radius 1 is 0.895 bits per heavy atom. The summed E-state index contributed by atoms with van der Waals surface area (Å²) in [5.74, 6) is -0.416. The Kier molecular flexibility index (Phi) is 8.57. The summed E-state index contributed by atoms with van der Waals surface area (Å²) in [6.07, 6.45) is 1.49. The van der Waals surface area contributed by atoms with Crippen LogP contribution in [0.5, 0.6) is 5.75 Å². The fraction of sp³-hybridized carbons (Fsp3) is 0.0357. The molecule has 0 unspecified atom stereocenters. The van der Waals surface area contributed by atoms with Crippen molar-refractivity contribution in [2.75, 3.05) is 5.32 Å². The van der Waals surface area contributed by atoms with E-state index < -0.39 is 16.7 Å². The number of non-ortho nitro benzene ring substituents is 1. The smallest absolute Gasteiger partial charge is 0.271 e. The van der Waals surface area contributed by atoms with Crippen molar-refractivity contribution in [2.24, 2.45) is 5.10 Å². The first-order valence-corrected chi connectivity index (χ1v) is 12.1. The van der Waals surface area contributed by atoms with Crippen LogP contribution in [0, 0.1) is 10.1 Å². The molecule has 38 heavy (non-hydrogen) atoms. The van der Waals surface area contributed by atoms with E-state index >= 15 is 0 Å². The van der Waals surface area contributed by atoms with E-state index in [4.69, 9.17) is 4.74 Å². The maximum absolute atomic E-state index is 12.6. The minimum atomic E-state index is -0.574. The van der Waals surface area contributed by atoms with E-state index in [0.29, 0.717) is 23.6 Å². The van der Waals surface area contributed by atoms with Gasteiger partial charge in [-0.15, -0.1) is 0 Å². The van der Waals surface area contributed by atoms with Crippen LogP contribution in [0.25, 0.3) is 0 Å². The zero-order chi connectivity index (χ0) is 26.9. The van der Waals surface area contributed by atoms with Crippen molar-refractivity contribution < 1.29 is 19.2 Å². The highest BCUT2D eigenvalue weighted by Crippen LogP contribution is 2.20. The third kappa shape index (κ3) is 7.11. The molecule has 0 aliphatic rings. The fourth-order valence-corrected chi connectivity index (χ4v) is 3.88. The Labute approximate surface area is 226 Å². The van der Waals surface area contributed by atoms with Crippen LogP contribution < -0.4 is 15.5 Å². The molecule has 0 aromatic heterocycles. The standard InChI is InChI=1S/C28H21BrN4O5/c29-23-10-3-6-19(14-23)18-38-26-13-2-1-7-22(26)17-30-32-28(35)20-8-4-11-24(15-20)31-27(34)21-9-5-12-25(16-21)33(36)37/h1-17H,18H2,(H,31,34)(H,32,35). The summed E-state index contributed by atoms with van der Waals surface area (Å²) in [4.78, 5) is 35.5. The Hall–Kier alpha value is -4.83. The van der Waals surface area contributed by atoms with Crippen LogP contribution in [0.2, 0.25) is 0 Å². The summed E-state index contributed by atoms with van der Waals surface area (Å²) in [7, 11) is 0. The summed E-state index contributed by atoms with van der Waals surface area (Å²) >= 11 is 3.44. The van der Waals surface area contributed by atoms with Gasteiger partial charge in [-0.3, -0.25) is 19.7 Å². The zero-order valence-corrected chi connectivity index (χ0v) is 21.4. The number of ether oxygens (including phenoxy) is 1. The lowest BCUT2D eigenvalue weighted by Crippen LogP contribution is -2.18. The number of halogens is 1. The number of carbonyl (C=O) groups is 2. The molecule has 0 bridgehead atoms. The molecule has 0 heterocycles. The van der Waals surface area contributed by atoms with Gasteiger partial charge in [0.2, 0.25) is 0 Å². The van der Waals surface area contributed by atoms with Crippen LogP contribution in [-0.4, -0.2) is 23.0 Å². The van der Waals surface area contributed by atoms with Gasteiger partial charge in [-0.25, -0.2) is 5.43 Å². The highest BCUT2D eigenvalue weighted by Gasteiger charge is 2.13. The van der Waals surface area contributed by atoms with Crippen molar-refractivity contribution in [3.63, 3.8) is 0 Å². The molecule has 2 N–H and O–H groups in total. The van der Waals surface area contributed by atoms with Crippen LogP contribution >= 0.6 is 15.9 Å². The Bertz CT molecular complexity index is 1520. The lowest BCUT2D eigenvalue weighted by molar-refractivity contribution is -0.384. The maximum atomic E-state index is 12.6.